The van der Waals surface area contributed by atoms with Gasteiger partial charge in [0.05, 0.1) is 30.3 Å². The van der Waals surface area contributed by atoms with Gasteiger partial charge in [0.2, 0.25) is 5.82 Å². The van der Waals surface area contributed by atoms with Crippen LogP contribution < -0.4 is 10.6 Å². The van der Waals surface area contributed by atoms with E-state index in [0.717, 1.165) is 12.4 Å². The van der Waals surface area contributed by atoms with Gasteiger partial charge in [-0.2, -0.15) is 18.3 Å². The molecule has 3 rings (SSSR count). The summed E-state index contributed by atoms with van der Waals surface area (Å²) in [5, 5.41) is 19.8. The van der Waals surface area contributed by atoms with Crippen molar-refractivity contribution in [3.8, 4) is 0 Å². The molecule has 3 heterocycles. The van der Waals surface area contributed by atoms with Crippen LogP contribution in [0.4, 0.5) is 24.8 Å². The maximum absolute atomic E-state index is 12.3. The Bertz CT molecular complexity index is 1060. The van der Waals surface area contributed by atoms with Gasteiger partial charge >= 0.3 is 6.18 Å². The van der Waals surface area contributed by atoms with E-state index in [2.05, 4.69) is 35.8 Å². The molecule has 0 unspecified atom stereocenters. The van der Waals surface area contributed by atoms with Crippen molar-refractivity contribution in [2.24, 2.45) is 5.11 Å². The number of halogens is 3. The Balaban J connectivity index is 1.79. The zero-order chi connectivity index (χ0) is 20.9. The molecule has 3 aromatic rings. The molecule has 0 spiro atoms. The van der Waals surface area contributed by atoms with Gasteiger partial charge in [-0.3, -0.25) is 0 Å². The fourth-order valence-corrected chi connectivity index (χ4v) is 2.31. The first-order chi connectivity index (χ1) is 13.9. The molecule has 0 aromatic carbocycles. The fraction of sp³-hybridized carbons (Fsp3) is 0.188. The zero-order valence-corrected chi connectivity index (χ0v) is 14.8. The Kier molecular flexibility index (Phi) is 5.76. The Morgan fingerprint density at radius 3 is 2.83 bits per heavy atom. The second-order valence-corrected chi connectivity index (χ2v) is 5.69. The zero-order valence-electron chi connectivity index (χ0n) is 14.8. The molecule has 0 fully saturated rings. The second-order valence-electron chi connectivity index (χ2n) is 5.69. The predicted molar refractivity (Wildman–Crippen MR) is 98.0 cm³/mol. The summed E-state index contributed by atoms with van der Waals surface area (Å²) in [6.07, 6.45) is 2.06. The second kappa shape index (κ2) is 8.41. The first kappa shape index (κ1) is 19.9. The van der Waals surface area contributed by atoms with E-state index in [1.54, 1.807) is 29.0 Å². The summed E-state index contributed by atoms with van der Waals surface area (Å²) >= 11 is 0. The summed E-state index contributed by atoms with van der Waals surface area (Å²) < 4.78 is 38.4. The first-order valence-corrected chi connectivity index (χ1v) is 8.18. The van der Waals surface area contributed by atoms with Gasteiger partial charge in [0, 0.05) is 30.3 Å². The smallest absolute Gasteiger partial charge is 0.382 e. The van der Waals surface area contributed by atoms with Crippen LogP contribution in [0.3, 0.4) is 0 Å². The molecule has 150 valence electrons. The number of fused-ring (bicyclic) bond motifs is 1. The van der Waals surface area contributed by atoms with Crippen molar-refractivity contribution in [3.05, 3.63) is 48.3 Å². The number of aromatic nitrogens is 5. The third kappa shape index (κ3) is 5.09. The number of hydrogen-bond donors (Lipinski definition) is 4. The van der Waals surface area contributed by atoms with E-state index >= 15 is 0 Å². The number of nitrogens with one attached hydrogen (secondary N) is 4. The molecular weight excluding hydrogens is 389 g/mol. The van der Waals surface area contributed by atoms with E-state index in [9.17, 15) is 13.2 Å². The van der Waals surface area contributed by atoms with Crippen LogP contribution in [0.15, 0.2) is 42.0 Å². The Hall–Kier alpha value is -3.90. The van der Waals surface area contributed by atoms with Crippen LogP contribution in [-0.2, 0) is 6.54 Å². The average Bonchev–Trinajstić information content (AvgIpc) is 3.16. The summed E-state index contributed by atoms with van der Waals surface area (Å²) in [4.78, 5) is 12.6. The van der Waals surface area contributed by atoms with Crippen LogP contribution >= 0.6 is 0 Å². The highest BCUT2D eigenvalue weighted by molar-refractivity contribution is 6.07. The van der Waals surface area contributed by atoms with Crippen molar-refractivity contribution in [2.75, 3.05) is 11.9 Å². The van der Waals surface area contributed by atoms with Crippen LogP contribution in [-0.4, -0.2) is 43.5 Å². The molecule has 3 aromatic heterocycles. The number of alkyl halides is 3. The van der Waals surface area contributed by atoms with Gasteiger partial charge in [-0.1, -0.05) is 0 Å². The molecule has 4 N–H and O–H groups in total. The van der Waals surface area contributed by atoms with E-state index in [0.29, 0.717) is 11.3 Å². The average molecular weight is 404 g/mol. The van der Waals surface area contributed by atoms with Gasteiger partial charge in [-0.05, 0) is 6.07 Å². The molecule has 0 amide bonds. The van der Waals surface area contributed by atoms with Crippen LogP contribution in [0.1, 0.15) is 11.4 Å². The summed E-state index contributed by atoms with van der Waals surface area (Å²) in [5.74, 6) is 0.128. The largest absolute Gasteiger partial charge is 0.405 e. The summed E-state index contributed by atoms with van der Waals surface area (Å²) in [7, 11) is 0. The molecule has 0 radical (unpaired) electrons. The van der Waals surface area contributed by atoms with Crippen LogP contribution in [0.5, 0.6) is 0 Å². The summed E-state index contributed by atoms with van der Waals surface area (Å²) in [6.45, 7) is -1.01. The van der Waals surface area contributed by atoms with E-state index in [1.807, 2.05) is 0 Å². The molecule has 0 atom stereocenters. The fourth-order valence-electron chi connectivity index (χ4n) is 2.31. The van der Waals surface area contributed by atoms with Gasteiger partial charge in [0.15, 0.2) is 11.5 Å². The maximum atomic E-state index is 12.3. The quantitative estimate of drug-likeness (QED) is 0.336. The highest BCUT2D eigenvalue weighted by Crippen LogP contribution is 2.22. The lowest BCUT2D eigenvalue weighted by Gasteiger charge is -2.10. The standard InChI is InChI=1S/C16H15F3N10/c17-16(18,19)9-22-6-10(5-20)12-8-24-15(28-21)14(27-12)23-7-11-2-4-29-13(26-11)1-3-25-29/h1-6,8,20-22H,7,9H2,(H,23,27)/b10-6+,20-5?,28-21?. The minimum atomic E-state index is -4.39. The van der Waals surface area contributed by atoms with Crippen molar-refractivity contribution < 1.29 is 13.2 Å². The molecule has 13 heteroatoms. The van der Waals surface area contributed by atoms with E-state index in [4.69, 9.17) is 10.9 Å². The molecule has 29 heavy (non-hydrogen) atoms. The Labute approximate surface area is 161 Å². The van der Waals surface area contributed by atoms with Gasteiger partial charge in [0.25, 0.3) is 0 Å². The van der Waals surface area contributed by atoms with E-state index in [1.165, 1.54) is 6.20 Å². The molecule has 0 aliphatic rings. The number of rotatable bonds is 8. The Morgan fingerprint density at radius 2 is 2.10 bits per heavy atom. The van der Waals surface area contributed by atoms with Gasteiger partial charge in [-0.25, -0.2) is 25.0 Å². The van der Waals surface area contributed by atoms with Gasteiger partial charge in [-0.15, -0.1) is 5.11 Å². The highest BCUT2D eigenvalue weighted by atomic mass is 19.4. The summed E-state index contributed by atoms with van der Waals surface area (Å²) in [6, 6.07) is 3.48. The van der Waals surface area contributed by atoms with Crippen molar-refractivity contribution in [1.82, 2.24) is 29.9 Å². The first-order valence-electron chi connectivity index (χ1n) is 8.18. The van der Waals surface area contributed by atoms with Crippen molar-refractivity contribution in [2.45, 2.75) is 12.7 Å². The predicted octanol–water partition coefficient (Wildman–Crippen LogP) is 2.94. The molecule has 0 saturated heterocycles. The number of nitrogens with zero attached hydrogens (tertiary/aromatic N) is 6. The van der Waals surface area contributed by atoms with Crippen molar-refractivity contribution in [3.63, 3.8) is 0 Å². The summed E-state index contributed by atoms with van der Waals surface area (Å²) in [5.41, 5.74) is 8.76. The topological polar surface area (TPSA) is 140 Å². The number of anilines is 1. The number of hydrogen-bond acceptors (Lipinski definition) is 9. The molecule has 0 saturated carbocycles. The van der Waals surface area contributed by atoms with Crippen molar-refractivity contribution >= 4 is 29.1 Å². The van der Waals surface area contributed by atoms with Crippen LogP contribution in [0, 0.1) is 10.9 Å². The van der Waals surface area contributed by atoms with Crippen molar-refractivity contribution in [1.29, 1.82) is 10.9 Å². The lowest BCUT2D eigenvalue weighted by molar-refractivity contribution is -0.122. The number of allylic oxidation sites excluding steroid dienone is 1. The van der Waals surface area contributed by atoms with Gasteiger partial charge in [0.1, 0.15) is 6.54 Å². The van der Waals surface area contributed by atoms with E-state index in [-0.39, 0.29) is 29.4 Å². The molecular formula is C16H15F3N10. The normalized spacial score (nSPS) is 12.0. The molecule has 0 bridgehead atoms. The minimum Gasteiger partial charge on any atom is -0.382 e. The van der Waals surface area contributed by atoms with Gasteiger partial charge < -0.3 is 16.0 Å². The minimum absolute atomic E-state index is 0.00763. The lowest BCUT2D eigenvalue weighted by Crippen LogP contribution is -2.25. The molecule has 0 aliphatic carbocycles. The van der Waals surface area contributed by atoms with Crippen LogP contribution in [0.2, 0.25) is 0 Å². The lowest BCUT2D eigenvalue weighted by atomic mass is 10.2. The van der Waals surface area contributed by atoms with Crippen LogP contribution in [0.25, 0.3) is 11.2 Å². The molecule has 10 nitrogen and oxygen atoms in total. The molecule has 0 aliphatic heterocycles. The monoisotopic (exact) mass is 404 g/mol. The third-order valence-corrected chi connectivity index (χ3v) is 3.62. The highest BCUT2D eigenvalue weighted by Gasteiger charge is 2.26. The Morgan fingerprint density at radius 1 is 1.28 bits per heavy atom. The SMILES string of the molecule is N=C/C(=C\NCC(F)(F)F)c1cnc(N=N)c(NCc2ccn3nccc3n2)n1. The third-order valence-electron chi connectivity index (χ3n) is 3.62. The maximum Gasteiger partial charge on any atom is 0.405 e. The van der Waals surface area contributed by atoms with E-state index < -0.39 is 12.7 Å².